The van der Waals surface area contributed by atoms with Gasteiger partial charge in [-0.05, 0) is 31.5 Å². The summed E-state index contributed by atoms with van der Waals surface area (Å²) in [5.41, 5.74) is 7.40. The van der Waals surface area contributed by atoms with Gasteiger partial charge in [0.1, 0.15) is 0 Å². The van der Waals surface area contributed by atoms with Crippen LogP contribution in [0.4, 0.5) is 5.69 Å². The molecule has 1 heterocycles. The fourth-order valence-corrected chi connectivity index (χ4v) is 2.46. The Morgan fingerprint density at radius 1 is 1.50 bits per heavy atom. The second-order valence-corrected chi connectivity index (χ2v) is 5.24. The first-order valence-electron chi connectivity index (χ1n) is 7.07. The van der Waals surface area contributed by atoms with Gasteiger partial charge in [-0.15, -0.1) is 0 Å². The lowest BCUT2D eigenvalue weighted by Crippen LogP contribution is -2.35. The molecule has 1 amide bonds. The highest BCUT2D eigenvalue weighted by Gasteiger charge is 2.18. The topological polar surface area (TPSA) is 67.6 Å². The van der Waals surface area contributed by atoms with E-state index in [0.29, 0.717) is 13.1 Å². The maximum atomic E-state index is 12.0. The minimum atomic E-state index is -0.0219. The molecule has 5 nitrogen and oxygen atoms in total. The molecule has 1 aromatic carbocycles. The van der Waals surface area contributed by atoms with Crippen LogP contribution in [0.5, 0.6) is 0 Å². The minimum Gasteiger partial charge on any atom is -0.377 e. The van der Waals surface area contributed by atoms with Gasteiger partial charge in [-0.3, -0.25) is 9.69 Å². The summed E-state index contributed by atoms with van der Waals surface area (Å²) < 4.78 is 5.57. The molecule has 0 spiro atoms. The van der Waals surface area contributed by atoms with E-state index in [2.05, 4.69) is 5.32 Å². The molecule has 110 valence electrons. The average molecular weight is 277 g/mol. The van der Waals surface area contributed by atoms with Crippen LogP contribution in [0.1, 0.15) is 18.4 Å². The average Bonchev–Trinajstić information content (AvgIpc) is 2.91. The molecule has 3 N–H and O–H groups in total. The summed E-state index contributed by atoms with van der Waals surface area (Å²) in [6, 6.07) is 7.61. The van der Waals surface area contributed by atoms with E-state index in [1.165, 1.54) is 0 Å². The largest absolute Gasteiger partial charge is 0.377 e. The number of ether oxygens (including phenoxy) is 1. The second kappa shape index (κ2) is 7.38. The van der Waals surface area contributed by atoms with E-state index in [1.54, 1.807) is 0 Å². The smallest absolute Gasteiger partial charge is 0.238 e. The molecule has 5 heteroatoms. The van der Waals surface area contributed by atoms with Gasteiger partial charge in [-0.1, -0.05) is 18.2 Å². The van der Waals surface area contributed by atoms with Crippen LogP contribution in [0.15, 0.2) is 24.3 Å². The van der Waals surface area contributed by atoms with Gasteiger partial charge >= 0.3 is 0 Å². The molecule has 1 unspecified atom stereocenters. The van der Waals surface area contributed by atoms with Crippen LogP contribution in [0.2, 0.25) is 0 Å². The Balaban J connectivity index is 1.82. The third-order valence-corrected chi connectivity index (χ3v) is 3.46. The fraction of sp³-hybridized carbons (Fsp3) is 0.533. The summed E-state index contributed by atoms with van der Waals surface area (Å²) in [5.74, 6) is -0.0219. The third-order valence-electron chi connectivity index (χ3n) is 3.46. The number of para-hydroxylation sites is 1. The summed E-state index contributed by atoms with van der Waals surface area (Å²) in [4.78, 5) is 14.0. The standard InChI is InChI=1S/C15H23N3O2/c1-18(10-13-6-4-8-20-13)11-15(19)17-14-7-3-2-5-12(14)9-16/h2-3,5,7,13H,4,6,8-11,16H2,1H3,(H,17,19). The minimum absolute atomic E-state index is 0.0219. The highest BCUT2D eigenvalue weighted by Crippen LogP contribution is 2.15. The van der Waals surface area contributed by atoms with Crippen LogP contribution >= 0.6 is 0 Å². The molecule has 1 aromatic rings. The van der Waals surface area contributed by atoms with Gasteiger partial charge in [0.2, 0.25) is 5.91 Å². The van der Waals surface area contributed by atoms with Gasteiger partial charge in [0.05, 0.1) is 12.6 Å². The Bertz CT molecular complexity index is 444. The van der Waals surface area contributed by atoms with Gasteiger partial charge in [-0.2, -0.15) is 0 Å². The molecule has 0 aliphatic carbocycles. The van der Waals surface area contributed by atoms with E-state index >= 15 is 0 Å². The first kappa shape index (κ1) is 15.0. The van der Waals surface area contributed by atoms with Gasteiger partial charge < -0.3 is 15.8 Å². The monoisotopic (exact) mass is 277 g/mol. The van der Waals surface area contributed by atoms with E-state index in [4.69, 9.17) is 10.5 Å². The lowest BCUT2D eigenvalue weighted by molar-refractivity contribution is -0.117. The zero-order chi connectivity index (χ0) is 14.4. The summed E-state index contributed by atoms with van der Waals surface area (Å²) in [6.45, 7) is 2.42. The van der Waals surface area contributed by atoms with Crippen molar-refractivity contribution in [3.8, 4) is 0 Å². The predicted octanol–water partition coefficient (Wildman–Crippen LogP) is 1.19. The zero-order valence-electron chi connectivity index (χ0n) is 12.0. The maximum Gasteiger partial charge on any atom is 0.238 e. The lowest BCUT2D eigenvalue weighted by atomic mass is 10.2. The number of carbonyl (C=O) groups is 1. The molecule has 0 saturated carbocycles. The molecule has 1 aliphatic rings. The first-order valence-corrected chi connectivity index (χ1v) is 7.07. The number of likely N-dealkylation sites (N-methyl/N-ethyl adjacent to an activating group) is 1. The first-order chi connectivity index (χ1) is 9.69. The fourth-order valence-electron chi connectivity index (χ4n) is 2.46. The lowest BCUT2D eigenvalue weighted by Gasteiger charge is -2.20. The highest BCUT2D eigenvalue weighted by atomic mass is 16.5. The van der Waals surface area contributed by atoms with E-state index in [9.17, 15) is 4.79 Å². The van der Waals surface area contributed by atoms with Crippen molar-refractivity contribution in [2.45, 2.75) is 25.5 Å². The number of benzene rings is 1. The number of nitrogens with one attached hydrogen (secondary N) is 1. The van der Waals surface area contributed by atoms with Gasteiger partial charge in [0, 0.05) is 25.4 Å². The SMILES string of the molecule is CN(CC(=O)Nc1ccccc1CN)CC1CCCO1. The number of nitrogens with zero attached hydrogens (tertiary/aromatic N) is 1. The van der Waals surface area contributed by atoms with Crippen LogP contribution < -0.4 is 11.1 Å². The maximum absolute atomic E-state index is 12.0. The molecule has 20 heavy (non-hydrogen) atoms. The Morgan fingerprint density at radius 3 is 3.00 bits per heavy atom. The number of hydrogen-bond donors (Lipinski definition) is 2. The van der Waals surface area contributed by atoms with Crippen LogP contribution in [0, 0.1) is 0 Å². The number of rotatable bonds is 6. The Labute approximate surface area is 120 Å². The van der Waals surface area contributed by atoms with Gasteiger partial charge in [0.25, 0.3) is 0 Å². The van der Waals surface area contributed by atoms with E-state index < -0.39 is 0 Å². The molecule has 1 atom stereocenters. The second-order valence-electron chi connectivity index (χ2n) is 5.24. The number of hydrogen-bond acceptors (Lipinski definition) is 4. The quantitative estimate of drug-likeness (QED) is 0.820. The Hall–Kier alpha value is -1.43. The normalized spacial score (nSPS) is 18.4. The molecular weight excluding hydrogens is 254 g/mol. The summed E-state index contributed by atoms with van der Waals surface area (Å²) in [7, 11) is 1.94. The van der Waals surface area contributed by atoms with Crippen LogP contribution in [-0.4, -0.2) is 43.7 Å². The van der Waals surface area contributed by atoms with Gasteiger partial charge in [0.15, 0.2) is 0 Å². The molecule has 1 saturated heterocycles. The number of anilines is 1. The van der Waals surface area contributed by atoms with E-state index in [1.807, 2.05) is 36.2 Å². The molecule has 1 fully saturated rings. The third kappa shape index (κ3) is 4.30. The number of nitrogens with two attached hydrogens (primary N) is 1. The van der Waals surface area contributed by atoms with Crippen LogP contribution in [-0.2, 0) is 16.1 Å². The van der Waals surface area contributed by atoms with Crippen LogP contribution in [0.3, 0.4) is 0 Å². The van der Waals surface area contributed by atoms with E-state index in [0.717, 1.165) is 37.2 Å². The van der Waals surface area contributed by atoms with E-state index in [-0.39, 0.29) is 12.0 Å². The van der Waals surface area contributed by atoms with Gasteiger partial charge in [-0.25, -0.2) is 0 Å². The number of carbonyl (C=O) groups excluding carboxylic acids is 1. The highest BCUT2D eigenvalue weighted by molar-refractivity contribution is 5.92. The Kier molecular flexibility index (Phi) is 5.52. The zero-order valence-corrected chi connectivity index (χ0v) is 12.0. The summed E-state index contributed by atoms with van der Waals surface area (Å²) in [5, 5.41) is 2.92. The molecule has 0 bridgehead atoms. The van der Waals surface area contributed by atoms with Crippen molar-refractivity contribution < 1.29 is 9.53 Å². The van der Waals surface area contributed by atoms with Crippen molar-refractivity contribution in [1.82, 2.24) is 4.90 Å². The molecule has 1 aliphatic heterocycles. The predicted molar refractivity (Wildman–Crippen MR) is 79.4 cm³/mol. The number of amides is 1. The Morgan fingerprint density at radius 2 is 2.30 bits per heavy atom. The molecule has 2 rings (SSSR count). The van der Waals surface area contributed by atoms with Crippen molar-refractivity contribution in [2.24, 2.45) is 5.73 Å². The molecular formula is C15H23N3O2. The molecule has 0 radical (unpaired) electrons. The van der Waals surface area contributed by atoms with Crippen LogP contribution in [0.25, 0.3) is 0 Å². The van der Waals surface area contributed by atoms with Crippen molar-refractivity contribution in [3.63, 3.8) is 0 Å². The van der Waals surface area contributed by atoms with Crippen molar-refractivity contribution in [2.75, 3.05) is 32.1 Å². The molecule has 0 aromatic heterocycles. The van der Waals surface area contributed by atoms with Crippen molar-refractivity contribution >= 4 is 11.6 Å². The van der Waals surface area contributed by atoms with Crippen molar-refractivity contribution in [3.05, 3.63) is 29.8 Å². The summed E-state index contributed by atoms with van der Waals surface area (Å²) >= 11 is 0. The van der Waals surface area contributed by atoms with Crippen molar-refractivity contribution in [1.29, 1.82) is 0 Å². The summed E-state index contributed by atoms with van der Waals surface area (Å²) in [6.07, 6.45) is 2.47.